The number of hydrogen-bond donors (Lipinski definition) is 4. The fourth-order valence-corrected chi connectivity index (χ4v) is 4.02. The van der Waals surface area contributed by atoms with Gasteiger partial charge >= 0.3 is 5.97 Å². The predicted octanol–water partition coefficient (Wildman–Crippen LogP) is 2.82. The summed E-state index contributed by atoms with van der Waals surface area (Å²) in [5, 5.41) is 14.8. The lowest BCUT2D eigenvalue weighted by molar-refractivity contribution is -0.130. The first-order valence-electron chi connectivity index (χ1n) is 10.6. The number of nitrogens with one attached hydrogen (secondary N) is 2. The van der Waals surface area contributed by atoms with Crippen molar-refractivity contribution < 1.29 is 19.5 Å². The molecule has 5 N–H and O–H groups in total. The van der Waals surface area contributed by atoms with E-state index in [4.69, 9.17) is 10.8 Å². The molecule has 0 aromatic heterocycles. The van der Waals surface area contributed by atoms with Crippen LogP contribution in [-0.2, 0) is 16.0 Å². The molecule has 31 heavy (non-hydrogen) atoms. The Labute approximate surface area is 182 Å². The highest BCUT2D eigenvalue weighted by Crippen LogP contribution is 2.28. The van der Waals surface area contributed by atoms with Gasteiger partial charge in [0.2, 0.25) is 11.8 Å². The fraction of sp³-hybridized carbons (Fsp3) is 0.375. The van der Waals surface area contributed by atoms with Crippen LogP contribution in [-0.4, -0.2) is 35.5 Å². The van der Waals surface area contributed by atoms with Crippen molar-refractivity contribution in [1.29, 1.82) is 0 Å². The molecule has 0 radical (unpaired) electrons. The zero-order valence-electron chi connectivity index (χ0n) is 17.4. The standard InChI is InChI=1S/C24H29N3O4/c25-15-17-7-4-8-19(13-17)22(28)27-21(14-16-5-2-1-3-6-16)23(29)26-20-11-9-18(10-12-20)24(30)31/h1-3,5-6,9-12,17,19,21H,4,7-8,13-15,25H2,(H,26,29)(H,27,28)(H,30,31)/t17-,19-,21-/m0/s1. The molecule has 0 spiro atoms. The van der Waals surface area contributed by atoms with Crippen LogP contribution in [0.4, 0.5) is 5.69 Å². The minimum atomic E-state index is -1.03. The molecule has 2 amide bonds. The van der Waals surface area contributed by atoms with Gasteiger partial charge in [0.05, 0.1) is 5.56 Å². The number of carboxylic acid groups (broad SMARTS) is 1. The number of anilines is 1. The first-order chi connectivity index (χ1) is 15.0. The summed E-state index contributed by atoms with van der Waals surface area (Å²) in [6, 6.07) is 14.7. The normalized spacial score (nSPS) is 19.3. The van der Waals surface area contributed by atoms with Crippen LogP contribution in [0.3, 0.4) is 0 Å². The molecular formula is C24H29N3O4. The van der Waals surface area contributed by atoms with Crippen molar-refractivity contribution in [3.05, 3.63) is 65.7 Å². The van der Waals surface area contributed by atoms with Crippen LogP contribution in [0.5, 0.6) is 0 Å². The summed E-state index contributed by atoms with van der Waals surface area (Å²) >= 11 is 0. The summed E-state index contributed by atoms with van der Waals surface area (Å²) in [5.41, 5.74) is 7.35. The molecule has 7 nitrogen and oxygen atoms in total. The van der Waals surface area contributed by atoms with Crippen LogP contribution in [0.2, 0.25) is 0 Å². The van der Waals surface area contributed by atoms with Crippen LogP contribution in [0, 0.1) is 11.8 Å². The van der Waals surface area contributed by atoms with Gasteiger partial charge in [-0.3, -0.25) is 9.59 Å². The van der Waals surface area contributed by atoms with Crippen LogP contribution < -0.4 is 16.4 Å². The van der Waals surface area contributed by atoms with E-state index in [1.807, 2.05) is 30.3 Å². The quantitative estimate of drug-likeness (QED) is 0.520. The van der Waals surface area contributed by atoms with Crippen LogP contribution in [0.15, 0.2) is 54.6 Å². The predicted molar refractivity (Wildman–Crippen MR) is 119 cm³/mol. The van der Waals surface area contributed by atoms with Crippen LogP contribution >= 0.6 is 0 Å². The molecule has 1 aliphatic carbocycles. The minimum absolute atomic E-state index is 0.115. The third kappa shape index (κ3) is 6.39. The zero-order chi connectivity index (χ0) is 22.2. The van der Waals surface area contributed by atoms with Crippen molar-refractivity contribution in [3.63, 3.8) is 0 Å². The van der Waals surface area contributed by atoms with Gasteiger partial charge in [-0.2, -0.15) is 0 Å². The van der Waals surface area contributed by atoms with Crippen molar-refractivity contribution in [3.8, 4) is 0 Å². The summed E-state index contributed by atoms with van der Waals surface area (Å²) in [7, 11) is 0. The highest BCUT2D eigenvalue weighted by molar-refractivity contribution is 5.98. The maximum absolute atomic E-state index is 13.0. The number of carboxylic acids is 1. The Bertz CT molecular complexity index is 899. The summed E-state index contributed by atoms with van der Waals surface area (Å²) in [5.74, 6) is -1.28. The van der Waals surface area contributed by atoms with E-state index in [1.165, 1.54) is 24.3 Å². The number of rotatable bonds is 8. The van der Waals surface area contributed by atoms with Gasteiger partial charge in [0.1, 0.15) is 6.04 Å². The van der Waals surface area contributed by atoms with Crippen molar-refractivity contribution in [2.45, 2.75) is 38.1 Å². The Hall–Kier alpha value is -3.19. The molecule has 1 saturated carbocycles. The van der Waals surface area contributed by atoms with Gasteiger partial charge in [-0.15, -0.1) is 0 Å². The van der Waals surface area contributed by atoms with Crippen molar-refractivity contribution in [2.24, 2.45) is 17.6 Å². The van der Waals surface area contributed by atoms with Gasteiger partial charge in [0.15, 0.2) is 0 Å². The van der Waals surface area contributed by atoms with Crippen LogP contribution in [0.25, 0.3) is 0 Å². The maximum Gasteiger partial charge on any atom is 0.335 e. The van der Waals surface area contributed by atoms with E-state index in [-0.39, 0.29) is 23.3 Å². The number of nitrogens with two attached hydrogens (primary N) is 1. The zero-order valence-corrected chi connectivity index (χ0v) is 17.4. The molecule has 2 aromatic rings. The number of benzene rings is 2. The smallest absolute Gasteiger partial charge is 0.335 e. The number of hydrogen-bond acceptors (Lipinski definition) is 4. The van der Waals surface area contributed by atoms with Gasteiger partial charge in [-0.05, 0) is 61.6 Å². The molecule has 164 valence electrons. The van der Waals surface area contributed by atoms with Gasteiger partial charge in [-0.25, -0.2) is 4.79 Å². The Kier molecular flexibility index (Phi) is 7.78. The van der Waals surface area contributed by atoms with E-state index < -0.39 is 12.0 Å². The largest absolute Gasteiger partial charge is 0.478 e. The Balaban J connectivity index is 1.71. The summed E-state index contributed by atoms with van der Waals surface area (Å²) in [4.78, 5) is 37.0. The highest BCUT2D eigenvalue weighted by Gasteiger charge is 2.30. The summed E-state index contributed by atoms with van der Waals surface area (Å²) in [6.45, 7) is 0.573. The van der Waals surface area contributed by atoms with E-state index in [9.17, 15) is 14.4 Å². The first-order valence-corrected chi connectivity index (χ1v) is 10.6. The van der Waals surface area contributed by atoms with Crippen molar-refractivity contribution >= 4 is 23.5 Å². The molecule has 1 fully saturated rings. The summed E-state index contributed by atoms with van der Waals surface area (Å²) in [6.07, 6.45) is 3.92. The van der Waals surface area contributed by atoms with Gasteiger partial charge in [0.25, 0.3) is 0 Å². The number of carbonyl (C=O) groups excluding carboxylic acids is 2. The van der Waals surface area contributed by atoms with Crippen molar-refractivity contribution in [1.82, 2.24) is 5.32 Å². The molecule has 0 unspecified atom stereocenters. The van der Waals surface area contributed by atoms with Gasteiger partial charge < -0.3 is 21.5 Å². The first kappa shape index (κ1) is 22.5. The summed E-state index contributed by atoms with van der Waals surface area (Å²) < 4.78 is 0. The molecule has 7 heteroatoms. The lowest BCUT2D eigenvalue weighted by Gasteiger charge is -2.29. The second-order valence-corrected chi connectivity index (χ2v) is 8.09. The van der Waals surface area contributed by atoms with Crippen molar-refractivity contribution in [2.75, 3.05) is 11.9 Å². The van der Waals surface area contributed by atoms with E-state index in [0.717, 1.165) is 31.2 Å². The second kappa shape index (κ2) is 10.7. The fourth-order valence-electron chi connectivity index (χ4n) is 4.02. The average Bonchev–Trinajstić information content (AvgIpc) is 2.79. The maximum atomic E-state index is 13.0. The Morgan fingerprint density at radius 1 is 1.03 bits per heavy atom. The molecule has 0 aliphatic heterocycles. The molecule has 3 atom stereocenters. The van der Waals surface area contributed by atoms with E-state index in [0.29, 0.717) is 24.6 Å². The van der Waals surface area contributed by atoms with Gasteiger partial charge in [0, 0.05) is 18.0 Å². The number of aromatic carboxylic acids is 1. The SMILES string of the molecule is NC[C@H]1CCC[C@H](C(=O)N[C@@H](Cc2ccccc2)C(=O)Nc2ccc(C(=O)O)cc2)C1. The third-order valence-electron chi connectivity index (χ3n) is 5.80. The Morgan fingerprint density at radius 3 is 2.39 bits per heavy atom. The molecule has 2 aromatic carbocycles. The van der Waals surface area contributed by atoms with Gasteiger partial charge in [-0.1, -0.05) is 36.8 Å². The molecular weight excluding hydrogens is 394 g/mol. The third-order valence-corrected chi connectivity index (χ3v) is 5.80. The highest BCUT2D eigenvalue weighted by atomic mass is 16.4. The lowest BCUT2D eigenvalue weighted by atomic mass is 9.81. The average molecular weight is 424 g/mol. The molecule has 0 saturated heterocycles. The van der Waals surface area contributed by atoms with E-state index in [2.05, 4.69) is 10.6 Å². The Morgan fingerprint density at radius 2 is 1.74 bits per heavy atom. The molecule has 0 bridgehead atoms. The number of carbonyl (C=O) groups is 3. The van der Waals surface area contributed by atoms with Crippen LogP contribution in [0.1, 0.15) is 41.6 Å². The monoisotopic (exact) mass is 423 g/mol. The topological polar surface area (TPSA) is 122 Å². The molecule has 0 heterocycles. The minimum Gasteiger partial charge on any atom is -0.478 e. The molecule has 1 aliphatic rings. The second-order valence-electron chi connectivity index (χ2n) is 8.09. The lowest BCUT2D eigenvalue weighted by Crippen LogP contribution is -2.48. The van der Waals surface area contributed by atoms with E-state index >= 15 is 0 Å². The number of amides is 2. The molecule has 3 rings (SSSR count). The van der Waals surface area contributed by atoms with E-state index in [1.54, 1.807) is 0 Å².